The second-order valence-electron chi connectivity index (χ2n) is 7.07. The maximum absolute atomic E-state index is 13.6. The molecule has 126 valence electrons. The van der Waals surface area contributed by atoms with Crippen molar-refractivity contribution in [2.45, 2.75) is 51.0 Å². The number of carbonyl (C=O) groups is 1. The monoisotopic (exact) mass is 319 g/mol. The van der Waals surface area contributed by atoms with Crippen LogP contribution in [0.15, 0.2) is 24.3 Å². The Morgan fingerprint density at radius 2 is 1.96 bits per heavy atom. The van der Waals surface area contributed by atoms with Gasteiger partial charge in [0, 0.05) is 12.5 Å². The lowest BCUT2D eigenvalue weighted by Gasteiger charge is -2.40. The number of hydrogen-bond acceptors (Lipinski definition) is 1. The summed E-state index contributed by atoms with van der Waals surface area (Å²) < 4.78 is 13.6. The van der Waals surface area contributed by atoms with Gasteiger partial charge in [0.15, 0.2) is 6.54 Å². The smallest absolute Gasteiger partial charge is 0.275 e. The quantitative estimate of drug-likeness (QED) is 0.851. The topological polar surface area (TPSA) is 33.5 Å². The third-order valence-electron chi connectivity index (χ3n) is 5.57. The van der Waals surface area contributed by atoms with Gasteiger partial charge in [-0.3, -0.25) is 4.79 Å². The molecular weight excluding hydrogens is 291 g/mol. The summed E-state index contributed by atoms with van der Waals surface area (Å²) in [6.45, 7) is 2.22. The van der Waals surface area contributed by atoms with E-state index in [-0.39, 0.29) is 11.7 Å². The van der Waals surface area contributed by atoms with E-state index in [1.807, 2.05) is 6.07 Å². The zero-order chi connectivity index (χ0) is 16.1. The van der Waals surface area contributed by atoms with Crippen molar-refractivity contribution in [3.8, 4) is 0 Å². The summed E-state index contributed by atoms with van der Waals surface area (Å²) in [5.74, 6) is 0.759. The van der Waals surface area contributed by atoms with Crippen LogP contribution < -0.4 is 10.2 Å². The predicted octanol–water partition coefficient (Wildman–Crippen LogP) is 1.72. The number of rotatable bonds is 5. The molecule has 0 bridgehead atoms. The van der Waals surface area contributed by atoms with E-state index in [0.29, 0.717) is 31.1 Å². The molecule has 0 spiro atoms. The zero-order valence-corrected chi connectivity index (χ0v) is 13.8. The standard InChI is InChI=1S/C19H27FN2O/c20-17-9-3-1-6-15(17)11-12-21-19(23)14-22-13-5-8-16-7-2-4-10-18(16)22/h1,3,6,9,16,18H,2,4-5,7-8,10-14H2,(H,21,23)/p+1/t16-,18-/m0/s1. The predicted molar refractivity (Wildman–Crippen MR) is 88.8 cm³/mol. The number of nitrogens with one attached hydrogen (secondary N) is 2. The summed E-state index contributed by atoms with van der Waals surface area (Å²) >= 11 is 0. The molecule has 3 nitrogen and oxygen atoms in total. The van der Waals surface area contributed by atoms with Crippen LogP contribution in [0.25, 0.3) is 0 Å². The minimum absolute atomic E-state index is 0.113. The Kier molecular flexibility index (Phi) is 5.65. The van der Waals surface area contributed by atoms with Crippen LogP contribution in [0.5, 0.6) is 0 Å². The van der Waals surface area contributed by atoms with Crippen LogP contribution in [0.1, 0.15) is 44.1 Å². The van der Waals surface area contributed by atoms with Gasteiger partial charge in [-0.1, -0.05) is 24.6 Å². The van der Waals surface area contributed by atoms with Crippen molar-refractivity contribution in [2.24, 2.45) is 5.92 Å². The molecule has 1 saturated heterocycles. The summed E-state index contributed by atoms with van der Waals surface area (Å²) in [6, 6.07) is 7.47. The van der Waals surface area contributed by atoms with Crippen molar-refractivity contribution in [1.29, 1.82) is 0 Å². The number of halogens is 1. The highest BCUT2D eigenvalue weighted by Gasteiger charge is 2.37. The summed E-state index contributed by atoms with van der Waals surface area (Å²) in [4.78, 5) is 13.7. The van der Waals surface area contributed by atoms with E-state index in [4.69, 9.17) is 0 Å². The molecule has 1 unspecified atom stereocenters. The zero-order valence-electron chi connectivity index (χ0n) is 13.8. The van der Waals surface area contributed by atoms with Gasteiger partial charge in [0.25, 0.3) is 5.91 Å². The number of quaternary nitrogens is 1. The van der Waals surface area contributed by atoms with Crippen LogP contribution in [0.3, 0.4) is 0 Å². The Morgan fingerprint density at radius 3 is 2.83 bits per heavy atom. The summed E-state index contributed by atoms with van der Waals surface area (Å²) in [6.07, 6.45) is 8.47. The average molecular weight is 319 g/mol. The highest BCUT2D eigenvalue weighted by molar-refractivity contribution is 5.76. The Balaban J connectivity index is 1.44. The van der Waals surface area contributed by atoms with Gasteiger partial charge in [0.1, 0.15) is 5.82 Å². The largest absolute Gasteiger partial charge is 0.351 e. The van der Waals surface area contributed by atoms with Gasteiger partial charge in [-0.05, 0) is 50.2 Å². The Morgan fingerprint density at radius 1 is 1.17 bits per heavy atom. The van der Waals surface area contributed by atoms with Gasteiger partial charge in [0.2, 0.25) is 0 Å². The number of hydrogen-bond donors (Lipinski definition) is 2. The third kappa shape index (κ3) is 4.31. The molecular formula is C19H28FN2O+. The van der Waals surface area contributed by atoms with Crippen LogP contribution in [0.4, 0.5) is 4.39 Å². The fourth-order valence-corrected chi connectivity index (χ4v) is 4.39. The molecule has 3 atom stereocenters. The lowest BCUT2D eigenvalue weighted by molar-refractivity contribution is -0.928. The first-order valence-electron chi connectivity index (χ1n) is 9.08. The van der Waals surface area contributed by atoms with Crippen molar-refractivity contribution >= 4 is 5.91 Å². The molecule has 0 radical (unpaired) electrons. The van der Waals surface area contributed by atoms with Crippen molar-refractivity contribution < 1.29 is 14.1 Å². The molecule has 2 N–H and O–H groups in total. The molecule has 1 aromatic rings. The fourth-order valence-electron chi connectivity index (χ4n) is 4.39. The van der Waals surface area contributed by atoms with E-state index in [0.717, 1.165) is 12.5 Å². The van der Waals surface area contributed by atoms with E-state index in [9.17, 15) is 9.18 Å². The van der Waals surface area contributed by atoms with Crippen molar-refractivity contribution in [3.63, 3.8) is 0 Å². The van der Waals surface area contributed by atoms with Gasteiger partial charge in [0.05, 0.1) is 12.6 Å². The second kappa shape index (κ2) is 7.91. The molecule has 1 aliphatic heterocycles. The fraction of sp³-hybridized carbons (Fsp3) is 0.632. The van der Waals surface area contributed by atoms with Crippen molar-refractivity contribution in [2.75, 3.05) is 19.6 Å². The number of carbonyl (C=O) groups excluding carboxylic acids is 1. The molecule has 0 aromatic heterocycles. The lowest BCUT2D eigenvalue weighted by atomic mass is 9.78. The normalized spacial score (nSPS) is 27.3. The molecule has 2 fully saturated rings. The van der Waals surface area contributed by atoms with Crippen LogP contribution in [-0.2, 0) is 11.2 Å². The number of amides is 1. The van der Waals surface area contributed by atoms with Crippen LogP contribution in [-0.4, -0.2) is 31.6 Å². The first kappa shape index (κ1) is 16.4. The third-order valence-corrected chi connectivity index (χ3v) is 5.57. The summed E-state index contributed by atoms with van der Waals surface area (Å²) in [7, 11) is 0. The Bertz CT molecular complexity index is 532. The average Bonchev–Trinajstić information content (AvgIpc) is 2.57. The summed E-state index contributed by atoms with van der Waals surface area (Å²) in [5.41, 5.74) is 0.672. The molecule has 1 heterocycles. The van der Waals surface area contributed by atoms with Gasteiger partial charge in [-0.2, -0.15) is 0 Å². The van der Waals surface area contributed by atoms with E-state index in [2.05, 4.69) is 5.32 Å². The maximum atomic E-state index is 13.6. The first-order valence-corrected chi connectivity index (χ1v) is 9.08. The number of benzene rings is 1. The van der Waals surface area contributed by atoms with E-state index < -0.39 is 0 Å². The van der Waals surface area contributed by atoms with Crippen LogP contribution >= 0.6 is 0 Å². The molecule has 1 aliphatic carbocycles. The van der Waals surface area contributed by atoms with Gasteiger partial charge >= 0.3 is 0 Å². The first-order chi connectivity index (χ1) is 11.2. The minimum Gasteiger partial charge on any atom is -0.351 e. The van der Waals surface area contributed by atoms with E-state index in [1.54, 1.807) is 12.1 Å². The Hall–Kier alpha value is -1.42. The van der Waals surface area contributed by atoms with E-state index >= 15 is 0 Å². The SMILES string of the molecule is O=C(C[NH+]1CCC[C@@H]2CCCC[C@@H]21)NCCc1ccccc1F. The molecule has 2 aliphatic rings. The van der Waals surface area contributed by atoms with Crippen molar-refractivity contribution in [1.82, 2.24) is 5.32 Å². The molecule has 1 amide bonds. The van der Waals surface area contributed by atoms with Crippen molar-refractivity contribution in [3.05, 3.63) is 35.6 Å². The molecule has 23 heavy (non-hydrogen) atoms. The van der Waals surface area contributed by atoms with Crippen LogP contribution in [0, 0.1) is 11.7 Å². The molecule has 4 heteroatoms. The van der Waals surface area contributed by atoms with Gasteiger partial charge in [-0.15, -0.1) is 0 Å². The number of piperidine rings is 1. The van der Waals surface area contributed by atoms with Gasteiger partial charge in [-0.25, -0.2) is 4.39 Å². The molecule has 3 rings (SSSR count). The summed E-state index contributed by atoms with van der Waals surface area (Å²) in [5, 5.41) is 2.97. The van der Waals surface area contributed by atoms with Crippen LogP contribution in [0.2, 0.25) is 0 Å². The van der Waals surface area contributed by atoms with E-state index in [1.165, 1.54) is 49.5 Å². The highest BCUT2D eigenvalue weighted by Crippen LogP contribution is 2.28. The molecule has 1 saturated carbocycles. The minimum atomic E-state index is -0.187. The Labute approximate surface area is 138 Å². The second-order valence-corrected chi connectivity index (χ2v) is 7.07. The maximum Gasteiger partial charge on any atom is 0.275 e. The number of fused-ring (bicyclic) bond motifs is 1. The lowest BCUT2D eigenvalue weighted by Crippen LogP contribution is -3.18. The number of likely N-dealkylation sites (tertiary alicyclic amines) is 1. The molecule has 1 aromatic carbocycles. The van der Waals surface area contributed by atoms with Gasteiger partial charge < -0.3 is 10.2 Å². The highest BCUT2D eigenvalue weighted by atomic mass is 19.1.